The van der Waals surface area contributed by atoms with Crippen LogP contribution in [0.4, 0.5) is 0 Å². The van der Waals surface area contributed by atoms with Gasteiger partial charge in [0.1, 0.15) is 19.8 Å². The number of phosphoric ester groups is 1. The Bertz CT molecular complexity index is 922. The number of hydrogen-bond acceptors (Lipinski definition) is 6. The highest BCUT2D eigenvalue weighted by Crippen LogP contribution is 2.43. The highest BCUT2D eigenvalue weighted by Gasteiger charge is 2.26. The van der Waals surface area contributed by atoms with Crippen LogP contribution in [-0.2, 0) is 27.9 Å². The Morgan fingerprint density at radius 1 is 0.618 bits per heavy atom. The third kappa shape index (κ3) is 43.8. The van der Waals surface area contributed by atoms with Gasteiger partial charge in [0.15, 0.2) is 6.10 Å². The maximum atomic E-state index is 12.7. The molecule has 55 heavy (non-hydrogen) atoms. The zero-order chi connectivity index (χ0) is 40.6. The number of phosphoric acid groups is 1. The monoisotopic (exact) mass is 801 g/mol. The average molecular weight is 801 g/mol. The first-order chi connectivity index (χ1) is 26.6. The molecule has 0 fully saturated rings. The van der Waals surface area contributed by atoms with Crippen molar-refractivity contribution in [3.8, 4) is 0 Å². The van der Waals surface area contributed by atoms with Crippen LogP contribution in [-0.4, -0.2) is 69.0 Å². The fourth-order valence-corrected chi connectivity index (χ4v) is 7.36. The minimum absolute atomic E-state index is 0.0510. The second kappa shape index (κ2) is 39.6. The van der Waals surface area contributed by atoms with E-state index in [0.29, 0.717) is 17.4 Å². The molecular weight excluding hydrogens is 709 g/mol. The smallest absolute Gasteiger partial charge is 0.472 e. The van der Waals surface area contributed by atoms with Crippen molar-refractivity contribution in [3.63, 3.8) is 0 Å². The number of unbranched alkanes of at least 4 members (excludes halogenated alkanes) is 29. The summed E-state index contributed by atoms with van der Waals surface area (Å²) in [5.41, 5.74) is 0. The van der Waals surface area contributed by atoms with Crippen LogP contribution in [0, 0.1) is 0 Å². The van der Waals surface area contributed by atoms with Gasteiger partial charge in [-0.2, -0.15) is 0 Å². The van der Waals surface area contributed by atoms with E-state index in [4.69, 9.17) is 18.5 Å². The molecule has 0 rings (SSSR count). The Labute approximate surface area is 341 Å². The number of carbonyl (C=O) groups is 1. The van der Waals surface area contributed by atoms with Crippen molar-refractivity contribution in [1.29, 1.82) is 0 Å². The first-order valence-electron chi connectivity index (χ1n) is 23.1. The first kappa shape index (κ1) is 53.8. The molecule has 0 radical (unpaired) electrons. The molecule has 0 aliphatic rings. The highest BCUT2D eigenvalue weighted by atomic mass is 31.2. The van der Waals surface area contributed by atoms with E-state index in [1.165, 1.54) is 161 Å². The topological polar surface area (TPSA) is 91.3 Å². The van der Waals surface area contributed by atoms with E-state index in [1.54, 1.807) is 6.26 Å². The van der Waals surface area contributed by atoms with E-state index in [0.717, 1.165) is 38.5 Å². The van der Waals surface area contributed by atoms with Gasteiger partial charge in [0.25, 0.3) is 0 Å². The lowest BCUT2D eigenvalue weighted by atomic mass is 10.0. The van der Waals surface area contributed by atoms with Gasteiger partial charge in [-0.25, -0.2) is 4.57 Å². The number of esters is 1. The molecule has 1 unspecified atom stereocenters. The van der Waals surface area contributed by atoms with Crippen molar-refractivity contribution in [3.05, 3.63) is 25.0 Å². The molecule has 2 atom stereocenters. The Morgan fingerprint density at radius 3 is 1.47 bits per heavy atom. The number of carbonyl (C=O) groups excluding carboxylic acids is 1. The number of nitrogens with zero attached hydrogens (tertiary/aromatic N) is 1. The van der Waals surface area contributed by atoms with Crippen molar-refractivity contribution < 1.29 is 37.3 Å². The zero-order valence-corrected chi connectivity index (χ0v) is 37.7. The molecule has 1 N–H and O–H groups in total. The lowest BCUT2D eigenvalue weighted by molar-refractivity contribution is -0.870. The molecule has 0 saturated heterocycles. The molecule has 0 bridgehead atoms. The lowest BCUT2D eigenvalue weighted by Crippen LogP contribution is -2.37. The predicted molar refractivity (Wildman–Crippen MR) is 233 cm³/mol. The molecule has 0 aromatic rings. The third-order valence-corrected chi connectivity index (χ3v) is 11.2. The molecule has 0 amide bonds. The number of likely N-dealkylation sites (N-methyl/N-ethyl adjacent to an activating group) is 1. The summed E-state index contributed by atoms with van der Waals surface area (Å²) in [6.45, 7) is 6.48. The summed E-state index contributed by atoms with van der Waals surface area (Å²) < 4.78 is 34.8. The molecule has 0 aliphatic carbocycles. The molecule has 0 saturated carbocycles. The molecule has 9 heteroatoms. The first-order valence-corrected chi connectivity index (χ1v) is 24.6. The van der Waals surface area contributed by atoms with Crippen LogP contribution in [0.3, 0.4) is 0 Å². The Balaban J connectivity index is 4.21. The van der Waals surface area contributed by atoms with E-state index < -0.39 is 13.9 Å². The predicted octanol–water partition coefficient (Wildman–Crippen LogP) is 14.0. The van der Waals surface area contributed by atoms with Crippen LogP contribution < -0.4 is 0 Å². The lowest BCUT2D eigenvalue weighted by Gasteiger charge is -2.24. The highest BCUT2D eigenvalue weighted by molar-refractivity contribution is 7.47. The molecule has 8 nitrogen and oxygen atoms in total. The minimum Gasteiger partial charge on any atom is -0.498 e. The second-order valence-electron chi connectivity index (χ2n) is 16.9. The molecule has 0 aromatic carbocycles. The fourth-order valence-electron chi connectivity index (χ4n) is 6.62. The van der Waals surface area contributed by atoms with Crippen LogP contribution in [0.2, 0.25) is 0 Å². The van der Waals surface area contributed by atoms with E-state index >= 15 is 0 Å². The molecule has 0 heterocycles. The average Bonchev–Trinajstić information content (AvgIpc) is 3.13. The quantitative estimate of drug-likeness (QED) is 0.0164. The maximum Gasteiger partial charge on any atom is 0.472 e. The summed E-state index contributed by atoms with van der Waals surface area (Å²) in [5.74, 6) is -0.336. The fraction of sp³-hybridized carbons (Fsp3) is 0.891. The van der Waals surface area contributed by atoms with E-state index in [-0.39, 0.29) is 25.8 Å². The van der Waals surface area contributed by atoms with E-state index in [2.05, 4.69) is 13.5 Å². The standard InChI is InChI=1S/C46H90NO7P/c1-6-8-10-12-14-16-18-20-22-23-24-26-28-30-32-34-36-38-41-51-43-45(44-53-55(49,50)52-42-40-47(3,4)5)54-46(48)39-37-35-33-31-29-27-25-21-19-17-15-13-11-9-7-2/h7,38,41,45H,2,6,8-37,39-40,42-44H2,1,3-5H3/p+1/b41-38+/t45-/m1/s1. The maximum absolute atomic E-state index is 12.7. The summed E-state index contributed by atoms with van der Waals surface area (Å²) in [6.07, 6.45) is 44.9. The van der Waals surface area contributed by atoms with Crippen LogP contribution >= 0.6 is 7.82 Å². The molecule has 0 spiro atoms. The van der Waals surface area contributed by atoms with Crippen molar-refractivity contribution in [2.45, 2.75) is 218 Å². The van der Waals surface area contributed by atoms with Crippen LogP contribution in [0.5, 0.6) is 0 Å². The number of rotatable bonds is 44. The Kier molecular flexibility index (Phi) is 38.8. The Morgan fingerprint density at radius 2 is 1.04 bits per heavy atom. The van der Waals surface area contributed by atoms with Gasteiger partial charge in [-0.1, -0.05) is 180 Å². The Hall–Kier alpha value is -1.18. The third-order valence-electron chi connectivity index (χ3n) is 10.2. The molecule has 0 aromatic heterocycles. The van der Waals surface area contributed by atoms with Gasteiger partial charge in [0, 0.05) is 6.42 Å². The largest absolute Gasteiger partial charge is 0.498 e. The van der Waals surface area contributed by atoms with Gasteiger partial charge < -0.3 is 18.9 Å². The van der Waals surface area contributed by atoms with E-state index in [9.17, 15) is 14.3 Å². The van der Waals surface area contributed by atoms with E-state index in [1.807, 2.05) is 33.3 Å². The van der Waals surface area contributed by atoms with Crippen LogP contribution in [0.25, 0.3) is 0 Å². The van der Waals surface area contributed by atoms with Crippen molar-refractivity contribution >= 4 is 13.8 Å². The van der Waals surface area contributed by atoms with Gasteiger partial charge >= 0.3 is 13.8 Å². The SMILES string of the molecule is C=CCCCCCCCCCCCCCCCC(=O)O[C@H](CO/C=C/CCCCCCCCCCCCCCCCCC)COP(=O)(O)OCC[N+](C)(C)C. The molecule has 326 valence electrons. The summed E-state index contributed by atoms with van der Waals surface area (Å²) in [5, 5.41) is 0. The molecule has 0 aliphatic heterocycles. The van der Waals surface area contributed by atoms with Crippen molar-refractivity contribution in [2.24, 2.45) is 0 Å². The number of hydrogen-bond donors (Lipinski definition) is 1. The van der Waals surface area contributed by atoms with Crippen molar-refractivity contribution in [2.75, 3.05) is 47.5 Å². The van der Waals surface area contributed by atoms with Crippen molar-refractivity contribution in [1.82, 2.24) is 0 Å². The normalized spacial score (nSPS) is 13.6. The molecular formula is C46H91NO7P+. The van der Waals surface area contributed by atoms with Gasteiger partial charge in [0.05, 0.1) is 34.0 Å². The number of allylic oxidation sites excluding steroid dienone is 2. The summed E-state index contributed by atoms with van der Waals surface area (Å²) >= 11 is 0. The second-order valence-corrected chi connectivity index (χ2v) is 18.4. The summed E-state index contributed by atoms with van der Waals surface area (Å²) in [7, 11) is 1.64. The van der Waals surface area contributed by atoms with Gasteiger partial charge in [-0.05, 0) is 38.2 Å². The summed E-state index contributed by atoms with van der Waals surface area (Å²) in [4.78, 5) is 22.9. The summed E-state index contributed by atoms with van der Waals surface area (Å²) in [6, 6.07) is 0. The van der Waals surface area contributed by atoms with Gasteiger partial charge in [-0.15, -0.1) is 6.58 Å². The minimum atomic E-state index is -4.29. The van der Waals surface area contributed by atoms with Crippen LogP contribution in [0.1, 0.15) is 212 Å². The number of ether oxygens (including phenoxy) is 2. The van der Waals surface area contributed by atoms with Crippen LogP contribution in [0.15, 0.2) is 25.0 Å². The zero-order valence-electron chi connectivity index (χ0n) is 36.8. The number of quaternary nitrogens is 1. The van der Waals surface area contributed by atoms with Gasteiger partial charge in [0.2, 0.25) is 0 Å². The van der Waals surface area contributed by atoms with Gasteiger partial charge in [-0.3, -0.25) is 13.8 Å².